The van der Waals surface area contributed by atoms with E-state index in [0.29, 0.717) is 66.7 Å². The predicted octanol–water partition coefficient (Wildman–Crippen LogP) is 8.59. The molecule has 0 bridgehead atoms. The van der Waals surface area contributed by atoms with Gasteiger partial charge in [-0.1, -0.05) is 60.1 Å². The molecule has 1 N–H and O–H groups in total. The summed E-state index contributed by atoms with van der Waals surface area (Å²) in [5.74, 6) is 2.04. The molecule has 2 fully saturated rings. The average molecular weight is 844 g/mol. The van der Waals surface area contributed by atoms with E-state index in [4.69, 9.17) is 28.4 Å². The number of carbonyl (C=O) groups is 2. The number of carbonyl (C=O) groups excluding carboxylic acids is 2. The van der Waals surface area contributed by atoms with Crippen molar-refractivity contribution in [2.24, 2.45) is 5.92 Å². The Bertz CT molecular complexity index is 1660. The summed E-state index contributed by atoms with van der Waals surface area (Å²) in [6.07, 6.45) is 8.49. The van der Waals surface area contributed by atoms with Crippen LogP contribution in [-0.2, 0) is 20.7 Å². The zero-order valence-corrected chi connectivity index (χ0v) is 33.6. The molecule has 0 aromatic heterocycles. The molecule has 10 nitrogen and oxygen atoms in total. The fourth-order valence-electron chi connectivity index (χ4n) is 7.75. The van der Waals surface area contributed by atoms with Crippen molar-refractivity contribution >= 4 is 34.5 Å². The summed E-state index contributed by atoms with van der Waals surface area (Å²) in [7, 11) is 6.38. The van der Waals surface area contributed by atoms with Gasteiger partial charge in [0.05, 0.1) is 41.0 Å². The summed E-state index contributed by atoms with van der Waals surface area (Å²) >= 11 is 2.33. The van der Waals surface area contributed by atoms with Gasteiger partial charge in [-0.2, -0.15) is 0 Å². The number of ether oxygens (including phenoxy) is 6. The highest BCUT2D eigenvalue weighted by molar-refractivity contribution is 14.1. The molecule has 1 amide bonds. The van der Waals surface area contributed by atoms with Gasteiger partial charge in [0.25, 0.3) is 0 Å². The van der Waals surface area contributed by atoms with Crippen molar-refractivity contribution in [2.45, 2.75) is 88.7 Å². The lowest BCUT2D eigenvalue weighted by molar-refractivity contribution is -0.163. The molecule has 1 saturated carbocycles. The number of hydrogen-bond acceptors (Lipinski definition) is 9. The molecule has 1 saturated heterocycles. The van der Waals surface area contributed by atoms with Crippen molar-refractivity contribution in [3.8, 4) is 34.5 Å². The van der Waals surface area contributed by atoms with E-state index >= 15 is 4.79 Å². The van der Waals surface area contributed by atoms with Crippen molar-refractivity contribution in [1.29, 1.82) is 0 Å². The van der Waals surface area contributed by atoms with Crippen LogP contribution in [0.2, 0.25) is 0 Å². The van der Waals surface area contributed by atoms with E-state index in [1.54, 1.807) is 51.5 Å². The highest BCUT2D eigenvalue weighted by Crippen LogP contribution is 2.45. The zero-order valence-electron chi connectivity index (χ0n) is 31.4. The molecule has 2 unspecified atom stereocenters. The Labute approximate surface area is 327 Å². The van der Waals surface area contributed by atoms with Crippen LogP contribution in [-0.4, -0.2) is 73.9 Å². The first kappa shape index (κ1) is 40.3. The Hall–Kier alpha value is -3.87. The molecule has 11 heteroatoms. The minimum atomic E-state index is -0.734. The molecule has 5 rings (SSSR count). The second kappa shape index (κ2) is 20.0. The summed E-state index contributed by atoms with van der Waals surface area (Å²) < 4.78 is 35.9. The van der Waals surface area contributed by atoms with Gasteiger partial charge >= 0.3 is 5.97 Å². The molecule has 53 heavy (non-hydrogen) atoms. The first-order valence-corrected chi connectivity index (χ1v) is 20.3. The molecule has 1 heterocycles. The molecule has 3 aromatic rings. The van der Waals surface area contributed by atoms with Crippen LogP contribution in [0, 0.1) is 5.92 Å². The Morgan fingerprint density at radius 2 is 1.55 bits per heavy atom. The third kappa shape index (κ3) is 10.2. The van der Waals surface area contributed by atoms with Gasteiger partial charge in [0.1, 0.15) is 17.9 Å². The second-order valence-corrected chi connectivity index (χ2v) is 14.9. The Morgan fingerprint density at radius 3 is 2.25 bits per heavy atom. The SMILES string of the molecule is COc1ccc(CCC(OC(=O)C2CCCCN2C(=O)[C@H](c2cc(OC)c(OC)c(OCCCI)c2)C2CCCCC2)c2cccc(O)c2)cc1OC. The molecule has 2 aliphatic rings. The highest BCUT2D eigenvalue weighted by Gasteiger charge is 2.41. The number of hydrogen-bond donors (Lipinski definition) is 1. The number of benzene rings is 3. The molecule has 0 radical (unpaired) electrons. The van der Waals surface area contributed by atoms with Crippen LogP contribution >= 0.6 is 22.6 Å². The Kier molecular flexibility index (Phi) is 15.2. The lowest BCUT2D eigenvalue weighted by Gasteiger charge is -2.40. The van der Waals surface area contributed by atoms with E-state index in [0.717, 1.165) is 66.9 Å². The minimum absolute atomic E-state index is 0.0665. The summed E-state index contributed by atoms with van der Waals surface area (Å²) in [5.41, 5.74) is 2.49. The van der Waals surface area contributed by atoms with Gasteiger partial charge in [-0.05, 0) is 110 Å². The average Bonchev–Trinajstić information content (AvgIpc) is 3.19. The number of aryl methyl sites for hydroxylation is 1. The number of methoxy groups -OCH3 is 4. The number of phenolic OH excluding ortho intramolecular Hbond substituents is 1. The fourth-order valence-corrected chi connectivity index (χ4v) is 8.06. The van der Waals surface area contributed by atoms with Crippen molar-refractivity contribution in [3.63, 3.8) is 0 Å². The largest absolute Gasteiger partial charge is 0.508 e. The molecular formula is C42H54INO9. The van der Waals surface area contributed by atoms with Crippen LogP contribution in [0.4, 0.5) is 0 Å². The molecule has 0 spiro atoms. The molecule has 1 aliphatic carbocycles. The van der Waals surface area contributed by atoms with Gasteiger partial charge < -0.3 is 38.4 Å². The van der Waals surface area contributed by atoms with E-state index in [2.05, 4.69) is 22.6 Å². The topological polar surface area (TPSA) is 113 Å². The number of likely N-dealkylation sites (tertiary alicyclic amines) is 1. The summed E-state index contributed by atoms with van der Waals surface area (Å²) in [6, 6.07) is 15.7. The van der Waals surface area contributed by atoms with Crippen LogP contribution in [0.25, 0.3) is 0 Å². The summed E-state index contributed by atoms with van der Waals surface area (Å²) in [6.45, 7) is 0.983. The van der Waals surface area contributed by atoms with Crippen LogP contribution in [0.1, 0.15) is 92.9 Å². The predicted molar refractivity (Wildman–Crippen MR) is 212 cm³/mol. The van der Waals surface area contributed by atoms with Gasteiger partial charge in [-0.15, -0.1) is 0 Å². The van der Waals surface area contributed by atoms with Crippen molar-refractivity contribution < 1.29 is 43.1 Å². The Balaban J connectivity index is 1.44. The number of halogens is 1. The van der Waals surface area contributed by atoms with Gasteiger partial charge in [-0.25, -0.2) is 4.79 Å². The van der Waals surface area contributed by atoms with Crippen molar-refractivity contribution in [2.75, 3.05) is 46.0 Å². The number of nitrogens with zero attached hydrogens (tertiary/aromatic N) is 1. The fraction of sp³-hybridized carbons (Fsp3) is 0.524. The van der Waals surface area contributed by atoms with Crippen LogP contribution in [0.5, 0.6) is 34.5 Å². The van der Waals surface area contributed by atoms with Gasteiger partial charge in [0.2, 0.25) is 11.7 Å². The summed E-state index contributed by atoms with van der Waals surface area (Å²) in [5, 5.41) is 10.4. The monoisotopic (exact) mass is 843 g/mol. The van der Waals surface area contributed by atoms with Crippen molar-refractivity contribution in [1.82, 2.24) is 4.90 Å². The number of alkyl halides is 1. The number of esters is 1. The van der Waals surface area contributed by atoms with Crippen LogP contribution in [0.3, 0.4) is 0 Å². The molecular weight excluding hydrogens is 789 g/mol. The lowest BCUT2D eigenvalue weighted by Crippen LogP contribution is -2.51. The van der Waals surface area contributed by atoms with Gasteiger partial charge in [-0.3, -0.25) is 4.79 Å². The Morgan fingerprint density at radius 1 is 0.811 bits per heavy atom. The van der Waals surface area contributed by atoms with Crippen molar-refractivity contribution in [3.05, 3.63) is 71.3 Å². The number of piperidine rings is 1. The first-order chi connectivity index (χ1) is 25.8. The maximum Gasteiger partial charge on any atom is 0.329 e. The van der Waals surface area contributed by atoms with E-state index in [9.17, 15) is 9.90 Å². The first-order valence-electron chi connectivity index (χ1n) is 18.8. The standard InChI is InChI=1S/C42H54INO9/c1-48-35-20-18-28(24-36(35)49-2)17-19-34(30-14-10-15-32(45)25-30)53-42(47)33-16-8-9-22-44(33)41(46)39(29-12-6-5-7-13-29)31-26-37(50-3)40(51-4)38(27-31)52-23-11-21-43/h10,14-15,18,20,24-27,29,33-34,39,45H,5-9,11-13,16-17,19,21-23H2,1-4H3/t33?,34?,39-/m0/s1. The number of amides is 1. The zero-order chi connectivity index (χ0) is 37.7. The molecule has 3 aromatic carbocycles. The number of phenols is 1. The third-order valence-corrected chi connectivity index (χ3v) is 11.2. The van der Waals surface area contributed by atoms with Crippen LogP contribution < -0.4 is 23.7 Å². The third-order valence-electron chi connectivity index (χ3n) is 10.5. The smallest absolute Gasteiger partial charge is 0.329 e. The second-order valence-electron chi connectivity index (χ2n) is 13.8. The van der Waals surface area contributed by atoms with Gasteiger partial charge in [0, 0.05) is 11.0 Å². The molecule has 3 atom stereocenters. The summed E-state index contributed by atoms with van der Waals surface area (Å²) in [4.78, 5) is 31.1. The minimum Gasteiger partial charge on any atom is -0.508 e. The number of aromatic hydroxyl groups is 1. The molecule has 288 valence electrons. The lowest BCUT2D eigenvalue weighted by atomic mass is 9.75. The molecule has 1 aliphatic heterocycles. The highest BCUT2D eigenvalue weighted by atomic mass is 127. The maximum atomic E-state index is 15.0. The normalized spacial score (nSPS) is 17.4. The van der Waals surface area contributed by atoms with E-state index in [1.165, 1.54) is 0 Å². The van der Waals surface area contributed by atoms with Gasteiger partial charge in [0.15, 0.2) is 23.0 Å². The van der Waals surface area contributed by atoms with Crippen LogP contribution in [0.15, 0.2) is 54.6 Å². The number of rotatable bonds is 17. The van der Waals surface area contributed by atoms with E-state index < -0.39 is 24.0 Å². The maximum absolute atomic E-state index is 15.0. The quantitative estimate of drug-likeness (QED) is 0.0618. The van der Waals surface area contributed by atoms with E-state index in [-0.39, 0.29) is 17.6 Å². The van der Waals surface area contributed by atoms with E-state index in [1.807, 2.05) is 36.4 Å².